The number of rotatable bonds is 2. The summed E-state index contributed by atoms with van der Waals surface area (Å²) < 4.78 is 38.9. The summed E-state index contributed by atoms with van der Waals surface area (Å²) in [5.41, 5.74) is 5.64. The average molecular weight is 427 g/mol. The number of carbonyl (C=O) groups is 3. The Morgan fingerprint density at radius 2 is 1.90 bits per heavy atom. The zero-order valence-electron chi connectivity index (χ0n) is 15.7. The zero-order chi connectivity index (χ0) is 22.1. The Balaban J connectivity index is 0.000000806. The molecule has 0 unspecified atom stereocenters. The lowest BCUT2D eigenvalue weighted by molar-refractivity contribution is -0.122. The Hall–Kier alpha value is -3.15. The molecule has 4 N–H and O–H groups in total. The van der Waals surface area contributed by atoms with Gasteiger partial charge in [0, 0.05) is 23.7 Å². The van der Waals surface area contributed by atoms with Crippen molar-refractivity contribution in [1.82, 2.24) is 20.0 Å². The third-order valence-electron chi connectivity index (χ3n) is 5.33. The van der Waals surface area contributed by atoms with Crippen LogP contribution in [0.15, 0.2) is 18.2 Å². The molecule has 0 saturated carbocycles. The van der Waals surface area contributed by atoms with Gasteiger partial charge in [-0.3, -0.25) is 14.4 Å². The van der Waals surface area contributed by atoms with Gasteiger partial charge in [-0.15, -0.1) is 0 Å². The van der Waals surface area contributed by atoms with Crippen molar-refractivity contribution in [2.75, 3.05) is 25.4 Å². The summed E-state index contributed by atoms with van der Waals surface area (Å²) in [5.74, 6) is -2.41. The number of hydrogen-bond donors (Lipinski definition) is 3. The number of piperidine rings is 3. The van der Waals surface area contributed by atoms with Gasteiger partial charge in [0.25, 0.3) is 12.4 Å². The van der Waals surface area contributed by atoms with E-state index in [1.165, 1.54) is 18.2 Å². The van der Waals surface area contributed by atoms with E-state index < -0.39 is 18.0 Å². The first-order valence-corrected chi connectivity index (χ1v) is 9.16. The van der Waals surface area contributed by atoms with E-state index >= 15 is 0 Å². The molecule has 9 nitrogen and oxygen atoms in total. The van der Waals surface area contributed by atoms with Crippen LogP contribution in [-0.4, -0.2) is 69.9 Å². The molecular formula is C18H20F3N5O4. The number of carbonyl (C=O) groups excluding carboxylic acids is 2. The molecule has 3 aliphatic heterocycles. The Labute approximate surface area is 168 Å². The summed E-state index contributed by atoms with van der Waals surface area (Å²) in [5, 5.41) is 13.6. The molecule has 0 radical (unpaired) electrons. The molecule has 162 valence electrons. The third-order valence-corrected chi connectivity index (χ3v) is 5.33. The van der Waals surface area contributed by atoms with Crippen molar-refractivity contribution in [2.45, 2.75) is 25.1 Å². The van der Waals surface area contributed by atoms with E-state index in [0.717, 1.165) is 25.9 Å². The number of fused-ring (bicyclic) bond motifs is 4. The average Bonchev–Trinajstić information content (AvgIpc) is 3.06. The first-order chi connectivity index (χ1) is 14.2. The minimum atomic E-state index is -5.11. The third kappa shape index (κ3) is 4.22. The number of nitrogens with zero attached hydrogens (tertiary/aromatic N) is 3. The summed E-state index contributed by atoms with van der Waals surface area (Å²) in [7, 11) is 0. The van der Waals surface area contributed by atoms with Crippen LogP contribution in [0.4, 0.5) is 18.9 Å². The Morgan fingerprint density at radius 3 is 2.43 bits per heavy atom. The predicted molar refractivity (Wildman–Crippen MR) is 99.9 cm³/mol. The highest BCUT2D eigenvalue weighted by Crippen LogP contribution is 2.29. The van der Waals surface area contributed by atoms with Crippen molar-refractivity contribution in [3.05, 3.63) is 23.9 Å². The monoisotopic (exact) mass is 427 g/mol. The molecule has 4 heterocycles. The number of aromatic nitrogens is 2. The van der Waals surface area contributed by atoms with Crippen LogP contribution in [0.3, 0.4) is 0 Å². The zero-order valence-corrected chi connectivity index (χ0v) is 15.7. The second-order valence-electron chi connectivity index (χ2n) is 7.16. The summed E-state index contributed by atoms with van der Waals surface area (Å²) in [4.78, 5) is 35.1. The van der Waals surface area contributed by atoms with Crippen molar-refractivity contribution in [1.29, 1.82) is 0 Å². The summed E-state index contributed by atoms with van der Waals surface area (Å²) in [6.45, 7) is 2.44. The molecule has 1 atom stereocenters. The number of hydrogen-bond acceptors (Lipinski definition) is 6. The maximum Gasteiger partial charge on any atom is 0.473 e. The second kappa shape index (κ2) is 8.30. The van der Waals surface area contributed by atoms with Crippen LogP contribution in [-0.2, 0) is 4.79 Å². The van der Waals surface area contributed by atoms with Gasteiger partial charge in [-0.25, -0.2) is 0 Å². The molecule has 2 bridgehead atoms. The van der Waals surface area contributed by atoms with E-state index in [1.807, 2.05) is 0 Å². The summed E-state index contributed by atoms with van der Waals surface area (Å²) in [6.07, 6.45) is -3.16. The van der Waals surface area contributed by atoms with Crippen molar-refractivity contribution >= 4 is 34.9 Å². The van der Waals surface area contributed by atoms with E-state index in [-0.39, 0.29) is 39.5 Å². The first kappa shape index (κ1) is 21.6. The minimum absolute atomic E-state index is 0.0837. The predicted octanol–water partition coefficient (Wildman–Crippen LogP) is 1.35. The maximum absolute atomic E-state index is 12.9. The lowest BCUT2D eigenvalue weighted by Crippen LogP contribution is -2.57. The van der Waals surface area contributed by atoms with Gasteiger partial charge in [0.2, 0.25) is 0 Å². The van der Waals surface area contributed by atoms with E-state index in [0.29, 0.717) is 12.5 Å². The standard InChI is InChI=1S/C17H18F3N5O2.CH2O2/c18-17(19,20)16(27)25-13-2-1-10(21)7-11(13)14(23-25)15(26)22-12-8-24-5-3-9(12)4-6-24;2-1-3/h1-2,7,9,12H,3-6,8,21H2,(H,22,26);1H,(H,2,3)/t12-;/m1./s1. The fraction of sp³-hybridized carbons (Fsp3) is 0.444. The van der Waals surface area contributed by atoms with Crippen molar-refractivity contribution in [3.8, 4) is 0 Å². The highest BCUT2D eigenvalue weighted by molar-refractivity contribution is 6.08. The molecule has 3 fully saturated rings. The Morgan fingerprint density at radius 1 is 1.27 bits per heavy atom. The second-order valence-corrected chi connectivity index (χ2v) is 7.16. The van der Waals surface area contributed by atoms with Gasteiger partial charge in [-0.05, 0) is 50.0 Å². The van der Waals surface area contributed by atoms with Crippen molar-refractivity contribution in [2.24, 2.45) is 5.92 Å². The van der Waals surface area contributed by atoms with E-state index in [1.54, 1.807) is 0 Å². The molecule has 1 aromatic carbocycles. The van der Waals surface area contributed by atoms with Gasteiger partial charge < -0.3 is 21.1 Å². The van der Waals surface area contributed by atoms with Crippen LogP contribution < -0.4 is 11.1 Å². The molecule has 2 aromatic rings. The van der Waals surface area contributed by atoms with E-state index in [2.05, 4.69) is 15.3 Å². The van der Waals surface area contributed by atoms with Gasteiger partial charge in [0.1, 0.15) is 0 Å². The van der Waals surface area contributed by atoms with Gasteiger partial charge in [0.05, 0.1) is 5.52 Å². The molecule has 30 heavy (non-hydrogen) atoms. The number of amides is 1. The molecule has 0 aliphatic carbocycles. The number of nitrogen functional groups attached to an aromatic ring is 1. The molecule has 1 amide bonds. The lowest BCUT2D eigenvalue weighted by Gasteiger charge is -2.44. The number of nitrogens with one attached hydrogen (secondary N) is 1. The number of halogens is 3. The summed E-state index contributed by atoms with van der Waals surface area (Å²) >= 11 is 0. The highest BCUT2D eigenvalue weighted by atomic mass is 19.4. The van der Waals surface area contributed by atoms with Crippen LogP contribution in [0.2, 0.25) is 0 Å². The Bertz CT molecular complexity index is 967. The Kier molecular flexibility index (Phi) is 5.97. The van der Waals surface area contributed by atoms with Crippen LogP contribution in [0, 0.1) is 5.92 Å². The van der Waals surface area contributed by atoms with Gasteiger partial charge in [-0.2, -0.15) is 23.0 Å². The van der Waals surface area contributed by atoms with Crippen molar-refractivity contribution in [3.63, 3.8) is 0 Å². The van der Waals surface area contributed by atoms with Gasteiger partial charge in [0.15, 0.2) is 5.69 Å². The lowest BCUT2D eigenvalue weighted by atomic mass is 9.84. The van der Waals surface area contributed by atoms with E-state index in [9.17, 15) is 22.8 Å². The SMILES string of the molecule is Nc1ccc2c(c1)c(C(=O)N[C@@H]1CN3CCC1CC3)nn2C(=O)C(F)(F)F.O=CO. The van der Waals surface area contributed by atoms with Crippen LogP contribution >= 0.6 is 0 Å². The molecule has 0 spiro atoms. The molecule has 3 aliphatic rings. The maximum atomic E-state index is 12.9. The van der Waals surface area contributed by atoms with Crippen molar-refractivity contribution < 1.29 is 32.7 Å². The molecule has 12 heteroatoms. The summed E-state index contributed by atoms with van der Waals surface area (Å²) in [6, 6.07) is 3.89. The fourth-order valence-corrected chi connectivity index (χ4v) is 3.94. The number of anilines is 1. The largest absolute Gasteiger partial charge is 0.483 e. The number of alkyl halides is 3. The molecular weight excluding hydrogens is 407 g/mol. The number of carboxylic acid groups (broad SMARTS) is 1. The fourth-order valence-electron chi connectivity index (χ4n) is 3.94. The quantitative estimate of drug-likeness (QED) is 0.487. The van der Waals surface area contributed by atoms with Crippen LogP contribution in [0.25, 0.3) is 10.9 Å². The topological polar surface area (TPSA) is 131 Å². The normalized spacial score (nSPS) is 22.8. The molecule has 1 aromatic heterocycles. The van der Waals surface area contributed by atoms with E-state index in [4.69, 9.17) is 15.6 Å². The van der Waals surface area contributed by atoms with Crippen LogP contribution in [0.5, 0.6) is 0 Å². The van der Waals surface area contributed by atoms with Gasteiger partial charge in [-0.1, -0.05) is 0 Å². The number of nitrogens with two attached hydrogens (primary N) is 1. The smallest absolute Gasteiger partial charge is 0.473 e. The molecule has 3 saturated heterocycles. The highest BCUT2D eigenvalue weighted by Gasteiger charge is 2.42. The van der Waals surface area contributed by atoms with Crippen LogP contribution in [0.1, 0.15) is 28.1 Å². The first-order valence-electron chi connectivity index (χ1n) is 9.16. The minimum Gasteiger partial charge on any atom is -0.483 e. The van der Waals surface area contributed by atoms with Gasteiger partial charge >= 0.3 is 12.1 Å². The molecule has 5 rings (SSSR count). The number of benzene rings is 1.